The lowest BCUT2D eigenvalue weighted by Gasteiger charge is -2.16. The molecule has 0 spiro atoms. The zero-order valence-electron chi connectivity index (χ0n) is 8.41. The van der Waals surface area contributed by atoms with E-state index in [1.165, 1.54) is 0 Å². The Balaban J connectivity index is 2.49. The van der Waals surface area contributed by atoms with Crippen molar-refractivity contribution in [1.82, 2.24) is 0 Å². The number of carbonyl (C=O) groups excluding carboxylic acids is 2. The van der Waals surface area contributed by atoms with Crippen LogP contribution in [0, 0.1) is 5.92 Å². The predicted octanol–water partition coefficient (Wildman–Crippen LogP) is 1.06. The summed E-state index contributed by atoms with van der Waals surface area (Å²) in [7, 11) is 0. The Morgan fingerprint density at radius 2 is 2.36 bits per heavy atom. The molecule has 1 saturated heterocycles. The molecule has 2 atom stereocenters. The number of esters is 2. The standard InChI is InChI=1S/C10H14O4/c1-6(2)9(11)14-7(3)8-4-5-13-10(8)12/h7-8H,1,4-5H2,2-3H3. The second kappa shape index (κ2) is 4.26. The average molecular weight is 198 g/mol. The summed E-state index contributed by atoms with van der Waals surface area (Å²) < 4.78 is 9.80. The van der Waals surface area contributed by atoms with E-state index in [9.17, 15) is 9.59 Å². The van der Waals surface area contributed by atoms with Crippen LogP contribution < -0.4 is 0 Å². The van der Waals surface area contributed by atoms with Gasteiger partial charge in [0, 0.05) is 5.57 Å². The molecule has 4 heteroatoms. The van der Waals surface area contributed by atoms with Gasteiger partial charge in [-0.3, -0.25) is 4.79 Å². The monoisotopic (exact) mass is 198 g/mol. The van der Waals surface area contributed by atoms with Crippen LogP contribution in [0.25, 0.3) is 0 Å². The maximum atomic E-state index is 11.1. The van der Waals surface area contributed by atoms with E-state index in [1.807, 2.05) is 0 Å². The van der Waals surface area contributed by atoms with Crippen molar-refractivity contribution in [2.24, 2.45) is 5.92 Å². The van der Waals surface area contributed by atoms with Gasteiger partial charge in [0.15, 0.2) is 0 Å². The largest absolute Gasteiger partial charge is 0.465 e. The van der Waals surface area contributed by atoms with Crippen LogP contribution in [0.5, 0.6) is 0 Å². The van der Waals surface area contributed by atoms with Crippen molar-refractivity contribution in [3.63, 3.8) is 0 Å². The van der Waals surface area contributed by atoms with E-state index >= 15 is 0 Å². The summed E-state index contributed by atoms with van der Waals surface area (Å²) in [5.41, 5.74) is 0.336. The minimum atomic E-state index is -0.461. The van der Waals surface area contributed by atoms with Crippen molar-refractivity contribution in [2.45, 2.75) is 26.4 Å². The molecular formula is C10H14O4. The molecule has 0 amide bonds. The van der Waals surface area contributed by atoms with Gasteiger partial charge in [-0.15, -0.1) is 0 Å². The van der Waals surface area contributed by atoms with Crippen LogP contribution in [-0.4, -0.2) is 24.6 Å². The molecule has 0 saturated carbocycles. The third kappa shape index (κ3) is 2.34. The molecule has 4 nitrogen and oxygen atoms in total. The minimum absolute atomic E-state index is 0.285. The predicted molar refractivity (Wildman–Crippen MR) is 49.4 cm³/mol. The number of rotatable bonds is 3. The molecular weight excluding hydrogens is 184 g/mol. The molecule has 0 bridgehead atoms. The maximum Gasteiger partial charge on any atom is 0.333 e. The van der Waals surface area contributed by atoms with Crippen LogP contribution in [0.1, 0.15) is 20.3 Å². The fraction of sp³-hybridized carbons (Fsp3) is 0.600. The molecule has 1 aliphatic rings. The molecule has 14 heavy (non-hydrogen) atoms. The molecule has 0 aromatic carbocycles. The van der Waals surface area contributed by atoms with Crippen LogP contribution in [-0.2, 0) is 19.1 Å². The Morgan fingerprint density at radius 3 is 2.79 bits per heavy atom. The van der Waals surface area contributed by atoms with Crippen molar-refractivity contribution in [1.29, 1.82) is 0 Å². The maximum absolute atomic E-state index is 11.1. The zero-order valence-corrected chi connectivity index (χ0v) is 8.41. The molecule has 0 aromatic rings. The number of hydrogen-bond acceptors (Lipinski definition) is 4. The van der Waals surface area contributed by atoms with Crippen molar-refractivity contribution < 1.29 is 19.1 Å². The first-order valence-electron chi connectivity index (χ1n) is 4.55. The fourth-order valence-electron chi connectivity index (χ4n) is 1.29. The lowest BCUT2D eigenvalue weighted by molar-refractivity contribution is -0.152. The van der Waals surface area contributed by atoms with E-state index in [-0.39, 0.29) is 11.9 Å². The lowest BCUT2D eigenvalue weighted by Crippen LogP contribution is -2.27. The molecule has 1 fully saturated rings. The van der Waals surface area contributed by atoms with Crippen molar-refractivity contribution >= 4 is 11.9 Å². The lowest BCUT2D eigenvalue weighted by atomic mass is 10.0. The molecule has 0 aliphatic carbocycles. The van der Waals surface area contributed by atoms with Gasteiger partial charge in [0.1, 0.15) is 6.10 Å². The summed E-state index contributed by atoms with van der Waals surface area (Å²) in [5, 5.41) is 0. The van der Waals surface area contributed by atoms with Gasteiger partial charge in [0.2, 0.25) is 0 Å². The highest BCUT2D eigenvalue weighted by atomic mass is 16.6. The third-order valence-corrected chi connectivity index (χ3v) is 2.18. The Kier molecular flexibility index (Phi) is 3.28. The summed E-state index contributed by atoms with van der Waals surface area (Å²) in [6, 6.07) is 0. The summed E-state index contributed by atoms with van der Waals surface area (Å²) in [6.45, 7) is 7.14. The fourth-order valence-corrected chi connectivity index (χ4v) is 1.29. The van der Waals surface area contributed by atoms with Crippen LogP contribution in [0.4, 0.5) is 0 Å². The summed E-state index contributed by atoms with van der Waals surface area (Å²) in [6.07, 6.45) is 0.179. The molecule has 1 rings (SSSR count). The minimum Gasteiger partial charge on any atom is -0.465 e. The van der Waals surface area contributed by atoms with E-state index in [0.717, 1.165) is 0 Å². The van der Waals surface area contributed by atoms with E-state index in [4.69, 9.17) is 9.47 Å². The van der Waals surface area contributed by atoms with Crippen molar-refractivity contribution in [3.05, 3.63) is 12.2 Å². The summed E-state index contributed by atoms with van der Waals surface area (Å²) in [4.78, 5) is 22.3. The molecule has 0 radical (unpaired) electrons. The van der Waals surface area contributed by atoms with Gasteiger partial charge in [0.25, 0.3) is 0 Å². The first-order chi connectivity index (χ1) is 6.52. The van der Waals surface area contributed by atoms with Crippen molar-refractivity contribution in [2.75, 3.05) is 6.61 Å². The van der Waals surface area contributed by atoms with Crippen LogP contribution in [0.3, 0.4) is 0 Å². The van der Waals surface area contributed by atoms with Gasteiger partial charge in [-0.1, -0.05) is 6.58 Å². The third-order valence-electron chi connectivity index (χ3n) is 2.18. The summed E-state index contributed by atoms with van der Waals surface area (Å²) in [5.74, 6) is -1.07. The smallest absolute Gasteiger partial charge is 0.333 e. The van der Waals surface area contributed by atoms with E-state index in [2.05, 4.69) is 6.58 Å². The highest BCUT2D eigenvalue weighted by Gasteiger charge is 2.33. The number of cyclic esters (lactones) is 1. The summed E-state index contributed by atoms with van der Waals surface area (Å²) >= 11 is 0. The average Bonchev–Trinajstić information content (AvgIpc) is 2.51. The van der Waals surface area contributed by atoms with Gasteiger partial charge in [-0.05, 0) is 20.3 Å². The highest BCUT2D eigenvalue weighted by Crippen LogP contribution is 2.21. The molecule has 2 unspecified atom stereocenters. The molecule has 1 heterocycles. The molecule has 78 valence electrons. The number of carbonyl (C=O) groups is 2. The van der Waals surface area contributed by atoms with Gasteiger partial charge in [-0.25, -0.2) is 4.79 Å². The SMILES string of the molecule is C=C(C)C(=O)OC(C)C1CCOC1=O. The molecule has 0 N–H and O–H groups in total. The second-order valence-electron chi connectivity index (χ2n) is 3.45. The normalized spacial score (nSPS) is 22.7. The first-order valence-corrected chi connectivity index (χ1v) is 4.55. The van der Waals surface area contributed by atoms with Crippen LogP contribution in [0.2, 0.25) is 0 Å². The number of hydrogen-bond donors (Lipinski definition) is 0. The topological polar surface area (TPSA) is 52.6 Å². The molecule has 1 aliphatic heterocycles. The van der Waals surface area contributed by atoms with Crippen LogP contribution in [0.15, 0.2) is 12.2 Å². The van der Waals surface area contributed by atoms with E-state index < -0.39 is 12.1 Å². The second-order valence-corrected chi connectivity index (χ2v) is 3.45. The number of ether oxygens (including phenoxy) is 2. The molecule has 0 aromatic heterocycles. The van der Waals surface area contributed by atoms with Gasteiger partial charge >= 0.3 is 11.9 Å². The zero-order chi connectivity index (χ0) is 10.7. The highest BCUT2D eigenvalue weighted by molar-refractivity contribution is 5.87. The van der Waals surface area contributed by atoms with E-state index in [0.29, 0.717) is 18.6 Å². The quantitative estimate of drug-likeness (QED) is 0.502. The van der Waals surface area contributed by atoms with Crippen LogP contribution >= 0.6 is 0 Å². The Labute approximate surface area is 82.9 Å². The van der Waals surface area contributed by atoms with Gasteiger partial charge in [0.05, 0.1) is 12.5 Å². The Morgan fingerprint density at radius 1 is 1.71 bits per heavy atom. The van der Waals surface area contributed by atoms with Gasteiger partial charge < -0.3 is 9.47 Å². The van der Waals surface area contributed by atoms with E-state index in [1.54, 1.807) is 13.8 Å². The Hall–Kier alpha value is -1.32. The van der Waals surface area contributed by atoms with Crippen molar-refractivity contribution in [3.8, 4) is 0 Å². The van der Waals surface area contributed by atoms with Gasteiger partial charge in [-0.2, -0.15) is 0 Å². The first kappa shape index (κ1) is 10.8. The Bertz CT molecular complexity index is 269.